The van der Waals surface area contributed by atoms with Crippen molar-refractivity contribution < 1.29 is 9.13 Å². The lowest BCUT2D eigenvalue weighted by atomic mass is 10.1. The number of benzene rings is 1. The minimum atomic E-state index is -0.244. The molecule has 2 N–H and O–H groups in total. The molecule has 0 aromatic heterocycles. The van der Waals surface area contributed by atoms with Crippen molar-refractivity contribution >= 4 is 29.9 Å². The molecule has 1 aromatic rings. The lowest BCUT2D eigenvalue weighted by molar-refractivity contribution is 0.181. The van der Waals surface area contributed by atoms with Crippen LogP contribution in [0.5, 0.6) is 0 Å². The van der Waals surface area contributed by atoms with Crippen LogP contribution in [-0.4, -0.2) is 25.7 Å². The molecule has 0 saturated heterocycles. The number of nitrogens with one attached hydrogen (secondary N) is 2. The molecular formula is C15H25FIN3O. The van der Waals surface area contributed by atoms with Gasteiger partial charge in [-0.25, -0.2) is 9.38 Å². The zero-order valence-corrected chi connectivity index (χ0v) is 15.4. The maximum absolute atomic E-state index is 13.5. The van der Waals surface area contributed by atoms with E-state index in [-0.39, 0.29) is 36.4 Å². The molecule has 120 valence electrons. The van der Waals surface area contributed by atoms with Gasteiger partial charge in [-0.05, 0) is 38.5 Å². The molecule has 4 nitrogen and oxygen atoms in total. The highest BCUT2D eigenvalue weighted by Crippen LogP contribution is 2.12. The minimum Gasteiger partial charge on any atom is -0.380 e. The SMILES string of the molecule is CCNC(=NCc1ccc(F)c(COC)c1)NC(C)C.I. The molecule has 21 heavy (non-hydrogen) atoms. The van der Waals surface area contributed by atoms with Crippen LogP contribution in [0.2, 0.25) is 0 Å². The fraction of sp³-hybridized carbons (Fsp3) is 0.533. The second-order valence-corrected chi connectivity index (χ2v) is 4.85. The van der Waals surface area contributed by atoms with Gasteiger partial charge in [0.25, 0.3) is 0 Å². The maximum atomic E-state index is 13.5. The summed E-state index contributed by atoms with van der Waals surface area (Å²) in [7, 11) is 1.56. The minimum absolute atomic E-state index is 0. The summed E-state index contributed by atoms with van der Waals surface area (Å²) in [5.41, 5.74) is 1.52. The molecule has 0 atom stereocenters. The molecule has 0 amide bonds. The number of rotatable bonds is 6. The Kier molecular flexibility index (Phi) is 10.3. The normalized spacial score (nSPS) is 11.2. The number of hydrogen-bond donors (Lipinski definition) is 2. The third-order valence-electron chi connectivity index (χ3n) is 2.60. The van der Waals surface area contributed by atoms with E-state index in [2.05, 4.69) is 29.5 Å². The van der Waals surface area contributed by atoms with Crippen LogP contribution in [0, 0.1) is 5.82 Å². The highest BCUT2D eigenvalue weighted by atomic mass is 127. The van der Waals surface area contributed by atoms with E-state index in [9.17, 15) is 4.39 Å². The van der Waals surface area contributed by atoms with E-state index >= 15 is 0 Å². The van der Waals surface area contributed by atoms with E-state index in [0.717, 1.165) is 18.1 Å². The van der Waals surface area contributed by atoms with Crippen LogP contribution < -0.4 is 10.6 Å². The van der Waals surface area contributed by atoms with Crippen molar-refractivity contribution in [2.75, 3.05) is 13.7 Å². The number of ether oxygens (including phenoxy) is 1. The molecule has 0 fully saturated rings. The lowest BCUT2D eigenvalue weighted by Crippen LogP contribution is -2.41. The number of methoxy groups -OCH3 is 1. The summed E-state index contributed by atoms with van der Waals surface area (Å²) in [4.78, 5) is 4.49. The number of guanidine groups is 1. The van der Waals surface area contributed by atoms with E-state index in [1.165, 1.54) is 6.07 Å². The first-order valence-electron chi connectivity index (χ1n) is 6.87. The molecule has 0 aliphatic rings. The standard InChI is InChI=1S/C15H24FN3O.HI/c1-5-17-15(19-11(2)3)18-9-12-6-7-14(16)13(8-12)10-20-4;/h6-8,11H,5,9-10H2,1-4H3,(H2,17,18,19);1H. The summed E-state index contributed by atoms with van der Waals surface area (Å²) < 4.78 is 18.5. The lowest BCUT2D eigenvalue weighted by Gasteiger charge is -2.14. The van der Waals surface area contributed by atoms with Crippen LogP contribution in [0.1, 0.15) is 31.9 Å². The van der Waals surface area contributed by atoms with Gasteiger partial charge in [0.2, 0.25) is 0 Å². The Bertz CT molecular complexity index is 453. The predicted molar refractivity (Wildman–Crippen MR) is 95.6 cm³/mol. The third kappa shape index (κ3) is 7.61. The third-order valence-corrected chi connectivity index (χ3v) is 2.60. The molecular weight excluding hydrogens is 384 g/mol. The summed E-state index contributed by atoms with van der Waals surface area (Å²) >= 11 is 0. The van der Waals surface area contributed by atoms with E-state index < -0.39 is 0 Å². The van der Waals surface area contributed by atoms with Crippen LogP contribution in [-0.2, 0) is 17.9 Å². The fourth-order valence-electron chi connectivity index (χ4n) is 1.76. The largest absolute Gasteiger partial charge is 0.380 e. The number of nitrogens with zero attached hydrogens (tertiary/aromatic N) is 1. The van der Waals surface area contributed by atoms with Crippen molar-refractivity contribution in [1.82, 2.24) is 10.6 Å². The van der Waals surface area contributed by atoms with Crippen LogP contribution >= 0.6 is 24.0 Å². The maximum Gasteiger partial charge on any atom is 0.191 e. The highest BCUT2D eigenvalue weighted by molar-refractivity contribution is 14.0. The molecule has 6 heteroatoms. The van der Waals surface area contributed by atoms with Gasteiger partial charge in [-0.2, -0.15) is 0 Å². The van der Waals surface area contributed by atoms with Gasteiger partial charge < -0.3 is 15.4 Å². The van der Waals surface area contributed by atoms with Gasteiger partial charge >= 0.3 is 0 Å². The molecule has 0 bridgehead atoms. The molecule has 0 saturated carbocycles. The van der Waals surface area contributed by atoms with E-state index in [1.807, 2.05) is 6.92 Å². The van der Waals surface area contributed by atoms with E-state index in [1.54, 1.807) is 19.2 Å². The van der Waals surface area contributed by atoms with Crippen molar-refractivity contribution in [3.05, 3.63) is 35.1 Å². The monoisotopic (exact) mass is 409 g/mol. The van der Waals surface area contributed by atoms with Crippen molar-refractivity contribution in [2.45, 2.75) is 40.0 Å². The molecule has 1 aromatic carbocycles. The second kappa shape index (κ2) is 10.8. The average Bonchev–Trinajstić information content (AvgIpc) is 2.39. The summed E-state index contributed by atoms with van der Waals surface area (Å²) in [6.07, 6.45) is 0. The number of aliphatic imine (C=N–C) groups is 1. The van der Waals surface area contributed by atoms with Gasteiger partial charge in [-0.3, -0.25) is 0 Å². The zero-order valence-electron chi connectivity index (χ0n) is 13.1. The van der Waals surface area contributed by atoms with Crippen LogP contribution in [0.3, 0.4) is 0 Å². The van der Waals surface area contributed by atoms with Gasteiger partial charge in [-0.15, -0.1) is 24.0 Å². The second-order valence-electron chi connectivity index (χ2n) is 4.85. The molecule has 1 rings (SSSR count). The Morgan fingerprint density at radius 1 is 1.38 bits per heavy atom. The predicted octanol–water partition coefficient (Wildman–Crippen LogP) is 3.05. The van der Waals surface area contributed by atoms with Crippen molar-refractivity contribution in [1.29, 1.82) is 0 Å². The van der Waals surface area contributed by atoms with Gasteiger partial charge in [0.05, 0.1) is 13.2 Å². The Hall–Kier alpha value is -0.890. The Morgan fingerprint density at radius 3 is 2.67 bits per heavy atom. The highest BCUT2D eigenvalue weighted by Gasteiger charge is 2.04. The average molecular weight is 409 g/mol. The van der Waals surface area contributed by atoms with Gasteiger partial charge in [0.15, 0.2) is 5.96 Å². The molecule has 0 spiro atoms. The molecule has 0 radical (unpaired) electrons. The first kappa shape index (κ1) is 20.1. The van der Waals surface area contributed by atoms with Crippen molar-refractivity contribution in [3.63, 3.8) is 0 Å². The first-order chi connectivity index (χ1) is 9.56. The summed E-state index contributed by atoms with van der Waals surface area (Å²) in [5.74, 6) is 0.520. The van der Waals surface area contributed by atoms with Crippen LogP contribution in [0.4, 0.5) is 4.39 Å². The van der Waals surface area contributed by atoms with Crippen LogP contribution in [0.15, 0.2) is 23.2 Å². The Labute approximate surface area is 143 Å². The summed E-state index contributed by atoms with van der Waals surface area (Å²) in [5, 5.41) is 6.42. The molecule has 0 unspecified atom stereocenters. The summed E-state index contributed by atoms with van der Waals surface area (Å²) in [6.45, 7) is 7.71. The Balaban J connectivity index is 0.00000400. The molecule has 0 aliphatic carbocycles. The fourth-order valence-corrected chi connectivity index (χ4v) is 1.76. The van der Waals surface area contributed by atoms with E-state index in [0.29, 0.717) is 18.2 Å². The number of hydrogen-bond acceptors (Lipinski definition) is 2. The Morgan fingerprint density at radius 2 is 2.10 bits per heavy atom. The summed E-state index contributed by atoms with van der Waals surface area (Å²) in [6, 6.07) is 5.31. The van der Waals surface area contributed by atoms with Gasteiger partial charge in [0.1, 0.15) is 5.82 Å². The molecule has 0 aliphatic heterocycles. The topological polar surface area (TPSA) is 45.7 Å². The van der Waals surface area contributed by atoms with Gasteiger partial charge in [0, 0.05) is 25.3 Å². The van der Waals surface area contributed by atoms with Gasteiger partial charge in [-0.1, -0.05) is 6.07 Å². The van der Waals surface area contributed by atoms with Crippen molar-refractivity contribution in [3.8, 4) is 0 Å². The smallest absolute Gasteiger partial charge is 0.191 e. The van der Waals surface area contributed by atoms with E-state index in [4.69, 9.17) is 4.74 Å². The van der Waals surface area contributed by atoms with Crippen molar-refractivity contribution in [2.24, 2.45) is 4.99 Å². The molecule has 0 heterocycles. The number of halogens is 2. The van der Waals surface area contributed by atoms with Crippen LogP contribution in [0.25, 0.3) is 0 Å². The zero-order chi connectivity index (χ0) is 15.0. The first-order valence-corrected chi connectivity index (χ1v) is 6.87. The quantitative estimate of drug-likeness (QED) is 0.432.